The summed E-state index contributed by atoms with van der Waals surface area (Å²) in [6.45, 7) is 8.36. The fourth-order valence-corrected chi connectivity index (χ4v) is 5.46. The molecule has 0 aromatic heterocycles. The van der Waals surface area contributed by atoms with Crippen LogP contribution in [0.1, 0.15) is 6.42 Å². The molecule has 0 saturated carbocycles. The summed E-state index contributed by atoms with van der Waals surface area (Å²) in [6.07, 6.45) is 0.995. The molecule has 1 aliphatic heterocycles. The first-order valence-electron chi connectivity index (χ1n) is 5.99. The van der Waals surface area contributed by atoms with Crippen LogP contribution in [0, 0.1) is 11.5 Å². The summed E-state index contributed by atoms with van der Waals surface area (Å²) in [5.74, 6) is 10.3. The molecule has 0 aromatic carbocycles. The van der Waals surface area contributed by atoms with Gasteiger partial charge in [0.25, 0.3) is 0 Å². The number of ether oxygens (including phenoxy) is 2. The molecule has 0 N–H and O–H groups in total. The first-order valence-corrected chi connectivity index (χ1v) is 16.8. The molecular weight excluding hydrogens is 277 g/mol. The Morgan fingerprint density at radius 3 is 1.94 bits per heavy atom. The van der Waals surface area contributed by atoms with Crippen LogP contribution in [-0.4, -0.2) is 39.2 Å². The van der Waals surface area contributed by atoms with Crippen LogP contribution >= 0.6 is 0 Å². The zero-order valence-corrected chi connectivity index (χ0v) is 14.5. The van der Waals surface area contributed by atoms with Gasteiger partial charge in [-0.2, -0.15) is 0 Å². The van der Waals surface area contributed by atoms with Crippen molar-refractivity contribution < 1.29 is 9.47 Å². The van der Waals surface area contributed by atoms with Crippen molar-refractivity contribution in [1.82, 2.24) is 0 Å². The van der Waals surface area contributed by atoms with Crippen molar-refractivity contribution in [3.05, 3.63) is 0 Å². The average molecular weight is 301 g/mol. The zero-order chi connectivity index (χ0) is 12.4. The summed E-state index contributed by atoms with van der Waals surface area (Å²) >= 11 is -2.12. The first kappa shape index (κ1) is 14.3. The van der Waals surface area contributed by atoms with E-state index in [4.69, 9.17) is 9.47 Å². The SMILES string of the molecule is C[Si](C)(C)C#C[C]1([Ge]([CH3])([CH3])[CH3])OCCCO1. The molecule has 1 fully saturated rings. The van der Waals surface area contributed by atoms with E-state index in [1.54, 1.807) is 0 Å². The third kappa shape index (κ3) is 3.63. The van der Waals surface area contributed by atoms with Gasteiger partial charge in [-0.3, -0.25) is 0 Å². The normalized spacial score (nSPS) is 21.1. The van der Waals surface area contributed by atoms with Crippen LogP contribution in [0.15, 0.2) is 0 Å². The molecule has 4 heteroatoms. The summed E-state index contributed by atoms with van der Waals surface area (Å²) in [4.78, 5) is 0. The quantitative estimate of drug-likeness (QED) is 0.548. The maximum absolute atomic E-state index is 5.94. The van der Waals surface area contributed by atoms with Crippen molar-refractivity contribution in [3.8, 4) is 11.5 Å². The van der Waals surface area contributed by atoms with Gasteiger partial charge in [0.15, 0.2) is 0 Å². The van der Waals surface area contributed by atoms with E-state index in [0.29, 0.717) is 0 Å². The van der Waals surface area contributed by atoms with Gasteiger partial charge in [0, 0.05) is 0 Å². The summed E-state index contributed by atoms with van der Waals surface area (Å²) in [5, 5.41) is 0. The van der Waals surface area contributed by atoms with Crippen molar-refractivity contribution in [3.63, 3.8) is 0 Å². The molecule has 1 saturated heterocycles. The second kappa shape index (κ2) is 4.85. The van der Waals surface area contributed by atoms with Gasteiger partial charge >= 0.3 is 103 Å². The Bertz CT molecular complexity index is 298. The fourth-order valence-electron chi connectivity index (χ4n) is 1.49. The maximum atomic E-state index is 5.94. The molecular formula is C12H24GeO2Si. The Morgan fingerprint density at radius 2 is 1.56 bits per heavy atom. The molecule has 0 atom stereocenters. The minimum atomic E-state index is -2.12. The molecule has 16 heavy (non-hydrogen) atoms. The molecule has 1 heterocycles. The van der Waals surface area contributed by atoms with Gasteiger partial charge < -0.3 is 0 Å². The molecule has 92 valence electrons. The van der Waals surface area contributed by atoms with E-state index in [9.17, 15) is 0 Å². The van der Waals surface area contributed by atoms with Crippen molar-refractivity contribution in [2.75, 3.05) is 13.2 Å². The summed E-state index contributed by atoms with van der Waals surface area (Å²) in [6, 6.07) is 0. The van der Waals surface area contributed by atoms with Crippen LogP contribution in [0.2, 0.25) is 36.9 Å². The molecule has 0 radical (unpaired) electrons. The molecule has 0 unspecified atom stereocenters. The second-order valence-electron chi connectivity index (χ2n) is 6.42. The van der Waals surface area contributed by atoms with Crippen LogP contribution in [0.3, 0.4) is 0 Å². The van der Waals surface area contributed by atoms with Gasteiger partial charge in [0.05, 0.1) is 0 Å². The van der Waals surface area contributed by atoms with Crippen LogP contribution in [-0.2, 0) is 9.47 Å². The van der Waals surface area contributed by atoms with E-state index in [0.717, 1.165) is 19.6 Å². The van der Waals surface area contributed by atoms with Gasteiger partial charge in [-0.15, -0.1) is 0 Å². The van der Waals surface area contributed by atoms with Gasteiger partial charge in [0.1, 0.15) is 0 Å². The van der Waals surface area contributed by atoms with Crippen molar-refractivity contribution in [1.29, 1.82) is 0 Å². The minimum absolute atomic E-state index is 0.515. The van der Waals surface area contributed by atoms with E-state index in [-0.39, 0.29) is 0 Å². The van der Waals surface area contributed by atoms with Crippen LogP contribution in [0.25, 0.3) is 0 Å². The second-order valence-corrected chi connectivity index (χ2v) is 22.0. The van der Waals surface area contributed by atoms with Crippen LogP contribution in [0.4, 0.5) is 0 Å². The van der Waals surface area contributed by atoms with Crippen molar-refractivity contribution >= 4 is 21.3 Å². The summed E-state index contributed by atoms with van der Waals surface area (Å²) in [5.41, 5.74) is 3.42. The molecule has 0 aromatic rings. The van der Waals surface area contributed by atoms with E-state index >= 15 is 0 Å². The molecule has 2 nitrogen and oxygen atoms in total. The number of hydrogen-bond donors (Lipinski definition) is 0. The van der Waals surface area contributed by atoms with Gasteiger partial charge in [-0.25, -0.2) is 0 Å². The van der Waals surface area contributed by atoms with Crippen molar-refractivity contribution in [2.24, 2.45) is 0 Å². The number of rotatable bonds is 1. The third-order valence-electron chi connectivity index (χ3n) is 2.49. The zero-order valence-electron chi connectivity index (χ0n) is 11.4. The molecule has 0 spiro atoms. The van der Waals surface area contributed by atoms with Gasteiger partial charge in [0.2, 0.25) is 0 Å². The van der Waals surface area contributed by atoms with Crippen LogP contribution < -0.4 is 0 Å². The predicted octanol–water partition coefficient (Wildman–Crippen LogP) is 2.88. The van der Waals surface area contributed by atoms with E-state index in [1.807, 2.05) is 0 Å². The Balaban J connectivity index is 2.99. The van der Waals surface area contributed by atoms with E-state index in [1.165, 1.54) is 0 Å². The molecule has 0 amide bonds. The Kier molecular flexibility index (Phi) is 4.34. The third-order valence-corrected chi connectivity index (χ3v) is 8.37. The number of hydrogen-bond acceptors (Lipinski definition) is 2. The topological polar surface area (TPSA) is 18.5 Å². The van der Waals surface area contributed by atoms with Gasteiger partial charge in [-0.1, -0.05) is 0 Å². The Morgan fingerprint density at radius 1 is 1.06 bits per heavy atom. The van der Waals surface area contributed by atoms with Crippen LogP contribution in [0.5, 0.6) is 0 Å². The van der Waals surface area contributed by atoms with Gasteiger partial charge in [-0.05, 0) is 0 Å². The molecule has 1 aliphatic rings. The first-order chi connectivity index (χ1) is 7.16. The Labute approximate surface area is 103 Å². The van der Waals surface area contributed by atoms with E-state index in [2.05, 4.69) is 48.4 Å². The average Bonchev–Trinajstić information content (AvgIpc) is 2.13. The summed E-state index contributed by atoms with van der Waals surface area (Å²) in [7, 11) is -1.36. The monoisotopic (exact) mass is 302 g/mol. The summed E-state index contributed by atoms with van der Waals surface area (Å²) < 4.78 is 11.4. The van der Waals surface area contributed by atoms with Crippen molar-refractivity contribution in [2.45, 2.75) is 48.0 Å². The standard InChI is InChI=1S/C12H24GeO2Si/c1-13(2,3)12(8-11-16(4,5)6)14-9-7-10-15-12/h7,9-10H2,1-6H3. The van der Waals surface area contributed by atoms with E-state index < -0.39 is 26.0 Å². The Hall–Kier alpha value is 0.240. The molecule has 0 bridgehead atoms. The molecule has 1 rings (SSSR count). The predicted molar refractivity (Wildman–Crippen MR) is 73.7 cm³/mol. The fraction of sp³-hybridized carbons (Fsp3) is 0.833. The molecule has 0 aliphatic carbocycles.